The zero-order valence-electron chi connectivity index (χ0n) is 29.9. The molecular formula is C40H48N4O6. The van der Waals surface area contributed by atoms with Gasteiger partial charge >= 0.3 is 0 Å². The van der Waals surface area contributed by atoms with E-state index in [0.717, 1.165) is 37.6 Å². The molecule has 0 aliphatic carbocycles. The van der Waals surface area contributed by atoms with Gasteiger partial charge in [-0.3, -0.25) is 19.2 Å². The maximum absolute atomic E-state index is 13.8. The number of hydrogen-bond donors (Lipinski definition) is 2. The number of phenolic OH excluding ortho intramolecular Hbond substituents is 2. The third-order valence-corrected chi connectivity index (χ3v) is 9.27. The van der Waals surface area contributed by atoms with Crippen LogP contribution in [0.4, 0.5) is 11.4 Å². The normalized spacial score (nSPS) is 13.6. The number of carbonyl (C=O) groups is 4. The Bertz CT molecular complexity index is 1800. The first-order chi connectivity index (χ1) is 24.0. The molecule has 3 aromatic rings. The smallest absolute Gasteiger partial charge is 0.254 e. The zero-order valence-corrected chi connectivity index (χ0v) is 29.9. The first-order valence-corrected chi connectivity index (χ1v) is 17.3. The van der Waals surface area contributed by atoms with Crippen molar-refractivity contribution in [2.24, 2.45) is 0 Å². The molecule has 3 aromatic carbocycles. The molecule has 10 nitrogen and oxygen atoms in total. The highest BCUT2D eigenvalue weighted by molar-refractivity contribution is 6.17. The van der Waals surface area contributed by atoms with E-state index < -0.39 is 11.6 Å². The molecular weight excluding hydrogens is 632 g/mol. The monoisotopic (exact) mass is 680 g/mol. The van der Waals surface area contributed by atoms with Crippen LogP contribution in [0.5, 0.6) is 11.5 Å². The Balaban J connectivity index is 1.50. The van der Waals surface area contributed by atoms with Crippen LogP contribution in [0.3, 0.4) is 0 Å². The third kappa shape index (κ3) is 7.91. The summed E-state index contributed by atoms with van der Waals surface area (Å²) in [7, 11) is 0. The van der Waals surface area contributed by atoms with Crippen LogP contribution in [-0.2, 0) is 4.79 Å². The molecule has 1 heterocycles. The average Bonchev–Trinajstić information content (AvgIpc) is 3.13. The molecule has 1 saturated heterocycles. The van der Waals surface area contributed by atoms with Crippen LogP contribution in [-0.4, -0.2) is 95.8 Å². The van der Waals surface area contributed by atoms with E-state index in [1.165, 1.54) is 0 Å². The van der Waals surface area contributed by atoms with Gasteiger partial charge in [-0.25, -0.2) is 0 Å². The summed E-state index contributed by atoms with van der Waals surface area (Å²) in [5, 5.41) is 21.6. The Labute approximate surface area is 294 Å². The highest BCUT2D eigenvalue weighted by Gasteiger charge is 2.30. The number of nitrogens with zero attached hydrogens (tertiary/aromatic N) is 4. The van der Waals surface area contributed by atoms with Crippen molar-refractivity contribution in [3.8, 4) is 11.5 Å². The number of amides is 2. The van der Waals surface area contributed by atoms with E-state index in [4.69, 9.17) is 0 Å². The number of ketones is 2. The van der Waals surface area contributed by atoms with Gasteiger partial charge in [0.1, 0.15) is 11.5 Å². The van der Waals surface area contributed by atoms with E-state index >= 15 is 0 Å². The van der Waals surface area contributed by atoms with Crippen LogP contribution in [0.15, 0.2) is 84.0 Å². The molecule has 1 fully saturated rings. The van der Waals surface area contributed by atoms with E-state index in [1.807, 2.05) is 27.7 Å². The molecule has 0 atom stereocenters. The van der Waals surface area contributed by atoms with E-state index in [1.54, 1.807) is 96.5 Å². The lowest BCUT2D eigenvalue weighted by Gasteiger charge is -2.35. The molecule has 0 saturated carbocycles. The highest BCUT2D eigenvalue weighted by Crippen LogP contribution is 2.30. The van der Waals surface area contributed by atoms with Crippen LogP contribution in [0, 0.1) is 0 Å². The zero-order chi connectivity index (χ0) is 36.5. The molecule has 1 aliphatic rings. The maximum atomic E-state index is 13.8. The van der Waals surface area contributed by atoms with Crippen molar-refractivity contribution in [3.05, 3.63) is 106 Å². The van der Waals surface area contributed by atoms with Gasteiger partial charge in [0.05, 0.1) is 16.7 Å². The number of benzene rings is 3. The van der Waals surface area contributed by atoms with Gasteiger partial charge in [0.15, 0.2) is 11.6 Å². The molecule has 0 radical (unpaired) electrons. The molecule has 50 heavy (non-hydrogen) atoms. The van der Waals surface area contributed by atoms with E-state index in [9.17, 15) is 29.4 Å². The molecule has 0 unspecified atom stereocenters. The standard InChI is InChI=1S/C40H48N4O6/c1-7-14-30(37(47)33-19-17-28(25-35(33)45)41(8-2)9-3)27(6)39(49)43-21-23-44(24-22-43)40(50)32-16-13-12-15-31(32)38(48)34-20-18-29(26-36(34)46)42(10-4)11-5/h7,12-20,25-26,45-46H,8-11,21-24H2,1-6H3/b14-7-,30-27-. The fourth-order valence-electron chi connectivity index (χ4n) is 6.33. The average molecular weight is 681 g/mol. The van der Waals surface area contributed by atoms with Crippen molar-refractivity contribution in [2.45, 2.75) is 41.5 Å². The predicted molar refractivity (Wildman–Crippen MR) is 198 cm³/mol. The Morgan fingerprint density at radius 2 is 1.16 bits per heavy atom. The lowest BCUT2D eigenvalue weighted by molar-refractivity contribution is -0.128. The number of aromatic hydroxyl groups is 2. The summed E-state index contributed by atoms with van der Waals surface area (Å²) >= 11 is 0. The minimum absolute atomic E-state index is 0.109. The SMILES string of the molecule is C/C=C\C(C(=O)c1ccc(N(CC)CC)cc1O)=C(/C)C(=O)N1CCN(C(=O)c2ccccc2C(=O)c2ccc(N(CC)CC)cc2O)CC1. The van der Waals surface area contributed by atoms with Gasteiger partial charge in [-0.1, -0.05) is 30.4 Å². The van der Waals surface area contributed by atoms with Crippen molar-refractivity contribution >= 4 is 34.8 Å². The van der Waals surface area contributed by atoms with E-state index in [-0.39, 0.29) is 82.9 Å². The first kappa shape index (κ1) is 37.4. The Hall–Kier alpha value is -5.38. The number of carbonyl (C=O) groups excluding carboxylic acids is 4. The second kappa shape index (κ2) is 16.8. The second-order valence-electron chi connectivity index (χ2n) is 12.1. The topological polar surface area (TPSA) is 122 Å². The summed E-state index contributed by atoms with van der Waals surface area (Å²) in [5.41, 5.74) is 2.64. The van der Waals surface area contributed by atoms with Gasteiger partial charge in [-0.15, -0.1) is 0 Å². The number of rotatable bonds is 13. The number of piperazine rings is 1. The van der Waals surface area contributed by atoms with Crippen molar-refractivity contribution in [1.29, 1.82) is 0 Å². The Morgan fingerprint density at radius 1 is 0.680 bits per heavy atom. The van der Waals surface area contributed by atoms with Crippen LogP contribution in [0.25, 0.3) is 0 Å². The summed E-state index contributed by atoms with van der Waals surface area (Å²) in [4.78, 5) is 62.0. The summed E-state index contributed by atoms with van der Waals surface area (Å²) in [6.07, 6.45) is 3.26. The van der Waals surface area contributed by atoms with Crippen molar-refractivity contribution in [1.82, 2.24) is 9.80 Å². The molecule has 2 N–H and O–H groups in total. The second-order valence-corrected chi connectivity index (χ2v) is 12.1. The quantitative estimate of drug-likeness (QED) is 0.127. The number of Topliss-reactive ketones (excluding diaryl/α,β-unsaturated/α-hetero) is 1. The van der Waals surface area contributed by atoms with Gasteiger partial charge < -0.3 is 29.8 Å². The Morgan fingerprint density at radius 3 is 1.64 bits per heavy atom. The third-order valence-electron chi connectivity index (χ3n) is 9.27. The maximum Gasteiger partial charge on any atom is 0.254 e. The fourth-order valence-corrected chi connectivity index (χ4v) is 6.33. The lowest BCUT2D eigenvalue weighted by Crippen LogP contribution is -2.51. The van der Waals surface area contributed by atoms with Gasteiger partial charge in [0.2, 0.25) is 5.91 Å². The molecule has 0 aromatic heterocycles. The summed E-state index contributed by atoms with van der Waals surface area (Å²) in [6.45, 7) is 15.3. The van der Waals surface area contributed by atoms with Crippen LogP contribution < -0.4 is 9.80 Å². The first-order valence-electron chi connectivity index (χ1n) is 17.3. The summed E-state index contributed by atoms with van der Waals surface area (Å²) in [6, 6.07) is 16.4. The predicted octanol–water partition coefficient (Wildman–Crippen LogP) is 6.08. The minimum atomic E-state index is -0.457. The number of hydrogen-bond acceptors (Lipinski definition) is 8. The highest BCUT2D eigenvalue weighted by atomic mass is 16.3. The largest absolute Gasteiger partial charge is 0.507 e. The fraction of sp³-hybridized carbons (Fsp3) is 0.350. The Kier molecular flexibility index (Phi) is 12.6. The molecule has 1 aliphatic heterocycles. The minimum Gasteiger partial charge on any atom is -0.507 e. The van der Waals surface area contributed by atoms with Crippen LogP contribution >= 0.6 is 0 Å². The van der Waals surface area contributed by atoms with Gasteiger partial charge in [-0.2, -0.15) is 0 Å². The summed E-state index contributed by atoms with van der Waals surface area (Å²) in [5.74, 6) is -1.90. The van der Waals surface area contributed by atoms with Crippen molar-refractivity contribution in [3.63, 3.8) is 0 Å². The molecule has 0 spiro atoms. The van der Waals surface area contributed by atoms with Gasteiger partial charge in [0, 0.05) is 92.6 Å². The van der Waals surface area contributed by atoms with Gasteiger partial charge in [0.25, 0.3) is 5.91 Å². The lowest BCUT2D eigenvalue weighted by atomic mass is 9.96. The summed E-state index contributed by atoms with van der Waals surface area (Å²) < 4.78 is 0. The van der Waals surface area contributed by atoms with Crippen molar-refractivity contribution < 1.29 is 29.4 Å². The molecule has 2 amide bonds. The number of anilines is 2. The molecule has 264 valence electrons. The van der Waals surface area contributed by atoms with E-state index in [0.29, 0.717) is 0 Å². The molecule has 0 bridgehead atoms. The number of phenols is 2. The molecule has 4 rings (SSSR count). The van der Waals surface area contributed by atoms with Gasteiger partial charge in [-0.05, 0) is 71.9 Å². The number of allylic oxidation sites excluding steroid dienone is 3. The van der Waals surface area contributed by atoms with E-state index in [2.05, 4.69) is 9.80 Å². The van der Waals surface area contributed by atoms with Crippen molar-refractivity contribution in [2.75, 3.05) is 62.2 Å². The molecule has 10 heteroatoms. The van der Waals surface area contributed by atoms with Crippen LogP contribution in [0.2, 0.25) is 0 Å². The van der Waals surface area contributed by atoms with Crippen LogP contribution in [0.1, 0.15) is 78.2 Å².